The van der Waals surface area contributed by atoms with E-state index in [9.17, 15) is 22.8 Å². The van der Waals surface area contributed by atoms with Gasteiger partial charge in [-0.2, -0.15) is 4.31 Å². The monoisotopic (exact) mass is 448 g/mol. The molecule has 4 N–H and O–H groups in total. The molecule has 1 aromatic carbocycles. The molecule has 0 radical (unpaired) electrons. The van der Waals surface area contributed by atoms with Gasteiger partial charge >= 0.3 is 0 Å². The van der Waals surface area contributed by atoms with Crippen molar-refractivity contribution < 1.29 is 27.2 Å². The normalized spacial score (nSPS) is 14.7. The van der Waals surface area contributed by atoms with Gasteiger partial charge < -0.3 is 20.8 Å². The molecular weight excluding hydrogens is 424 g/mol. The first-order chi connectivity index (χ1) is 14.8. The van der Waals surface area contributed by atoms with E-state index in [2.05, 4.69) is 10.6 Å². The van der Waals surface area contributed by atoms with Crippen LogP contribution >= 0.6 is 0 Å². The summed E-state index contributed by atoms with van der Waals surface area (Å²) in [4.78, 5) is 35.8. The number of sulfonamides is 1. The summed E-state index contributed by atoms with van der Waals surface area (Å²) in [5.74, 6) is -1.93. The van der Waals surface area contributed by atoms with Crippen LogP contribution in [0.2, 0.25) is 0 Å². The van der Waals surface area contributed by atoms with E-state index in [4.69, 9.17) is 10.2 Å². The Kier molecular flexibility index (Phi) is 7.08. The van der Waals surface area contributed by atoms with Crippen molar-refractivity contribution in [2.75, 3.05) is 25.0 Å². The molecule has 0 aliphatic carbocycles. The number of piperidine rings is 1. The number of primary amides is 1. The van der Waals surface area contributed by atoms with Gasteiger partial charge in [0.25, 0.3) is 21.8 Å². The van der Waals surface area contributed by atoms with Crippen molar-refractivity contribution >= 4 is 33.4 Å². The highest BCUT2D eigenvalue weighted by Gasteiger charge is 2.29. The zero-order chi connectivity index (χ0) is 22.4. The molecule has 1 aromatic heterocycles. The number of nitrogens with two attached hydrogens (primary N) is 1. The van der Waals surface area contributed by atoms with Crippen LogP contribution in [0.5, 0.6) is 0 Å². The number of para-hydroxylation sites is 1. The van der Waals surface area contributed by atoms with Crippen molar-refractivity contribution in [3.8, 4) is 0 Å². The Balaban J connectivity index is 1.71. The third-order valence-corrected chi connectivity index (χ3v) is 6.56. The molecule has 2 heterocycles. The average molecular weight is 449 g/mol. The number of rotatable bonds is 8. The number of anilines is 1. The van der Waals surface area contributed by atoms with Gasteiger partial charge in [-0.05, 0) is 37.1 Å². The van der Waals surface area contributed by atoms with Crippen molar-refractivity contribution in [3.05, 3.63) is 47.7 Å². The van der Waals surface area contributed by atoms with Crippen LogP contribution in [-0.2, 0) is 14.8 Å². The van der Waals surface area contributed by atoms with Crippen LogP contribution in [0, 0.1) is 0 Å². The van der Waals surface area contributed by atoms with E-state index in [0.29, 0.717) is 13.1 Å². The number of hydrogen-bond acceptors (Lipinski definition) is 6. The first kappa shape index (κ1) is 22.5. The molecule has 1 saturated heterocycles. The standard InChI is InChI=1S/C20H24N4O6S/c21-17(25)10-11-22-19(26)14-6-2-3-7-15(14)23-20(27)16-8-9-18(30-16)31(28,29)24-12-4-1-5-13-24/h2-3,6-9H,1,4-5,10-13H2,(H2,21,25)(H,22,26)(H,23,27). The van der Waals surface area contributed by atoms with Gasteiger partial charge in [-0.15, -0.1) is 0 Å². The summed E-state index contributed by atoms with van der Waals surface area (Å²) in [6, 6.07) is 8.81. The number of amides is 3. The molecule has 3 amide bonds. The Labute approximate surface area is 179 Å². The topological polar surface area (TPSA) is 152 Å². The largest absolute Gasteiger partial charge is 0.438 e. The molecule has 10 nitrogen and oxygen atoms in total. The lowest BCUT2D eigenvalue weighted by Gasteiger charge is -2.24. The first-order valence-electron chi connectivity index (χ1n) is 9.86. The van der Waals surface area contributed by atoms with E-state index in [-0.39, 0.29) is 35.1 Å². The maximum Gasteiger partial charge on any atom is 0.291 e. The fraction of sp³-hybridized carbons (Fsp3) is 0.350. The number of carbonyl (C=O) groups is 3. The lowest BCUT2D eigenvalue weighted by atomic mass is 10.1. The minimum atomic E-state index is -3.80. The van der Waals surface area contributed by atoms with Gasteiger partial charge in [0.05, 0.1) is 11.3 Å². The summed E-state index contributed by atoms with van der Waals surface area (Å²) < 4.78 is 32.1. The molecule has 0 saturated carbocycles. The zero-order valence-corrected chi connectivity index (χ0v) is 17.6. The molecule has 11 heteroatoms. The van der Waals surface area contributed by atoms with E-state index >= 15 is 0 Å². The van der Waals surface area contributed by atoms with Crippen LogP contribution < -0.4 is 16.4 Å². The lowest BCUT2D eigenvalue weighted by Crippen LogP contribution is -2.35. The second kappa shape index (κ2) is 9.75. The minimum absolute atomic E-state index is 0.0130. The third kappa shape index (κ3) is 5.50. The number of nitrogens with zero attached hydrogens (tertiary/aromatic N) is 1. The van der Waals surface area contributed by atoms with Crippen molar-refractivity contribution in [1.29, 1.82) is 0 Å². The van der Waals surface area contributed by atoms with Crippen molar-refractivity contribution in [1.82, 2.24) is 9.62 Å². The first-order valence-corrected chi connectivity index (χ1v) is 11.3. The Morgan fingerprint density at radius 3 is 2.42 bits per heavy atom. The van der Waals surface area contributed by atoms with E-state index in [1.54, 1.807) is 12.1 Å². The van der Waals surface area contributed by atoms with Crippen molar-refractivity contribution in [2.45, 2.75) is 30.8 Å². The molecule has 1 aliphatic rings. The zero-order valence-electron chi connectivity index (χ0n) is 16.8. The number of nitrogens with one attached hydrogen (secondary N) is 2. The van der Waals surface area contributed by atoms with Gasteiger partial charge in [-0.3, -0.25) is 14.4 Å². The number of furan rings is 1. The molecule has 31 heavy (non-hydrogen) atoms. The second-order valence-electron chi connectivity index (χ2n) is 7.06. The van der Waals surface area contributed by atoms with Crippen LogP contribution in [0.1, 0.15) is 46.6 Å². The van der Waals surface area contributed by atoms with E-state index in [1.807, 2.05) is 0 Å². The predicted molar refractivity (Wildman–Crippen MR) is 112 cm³/mol. The highest BCUT2D eigenvalue weighted by molar-refractivity contribution is 7.89. The summed E-state index contributed by atoms with van der Waals surface area (Å²) in [6.45, 7) is 0.901. The summed E-state index contributed by atoms with van der Waals surface area (Å²) in [7, 11) is -3.80. The van der Waals surface area contributed by atoms with Gasteiger partial charge in [-0.25, -0.2) is 8.42 Å². The van der Waals surface area contributed by atoms with Gasteiger partial charge in [0.15, 0.2) is 5.76 Å². The highest BCUT2D eigenvalue weighted by Crippen LogP contribution is 2.23. The molecule has 166 valence electrons. The summed E-state index contributed by atoms with van der Waals surface area (Å²) in [6.07, 6.45) is 2.53. The summed E-state index contributed by atoms with van der Waals surface area (Å²) >= 11 is 0. The van der Waals surface area contributed by atoms with Crippen LogP contribution in [-0.4, -0.2) is 50.1 Å². The number of hydrogen-bond donors (Lipinski definition) is 3. The van der Waals surface area contributed by atoms with Crippen molar-refractivity contribution in [3.63, 3.8) is 0 Å². The van der Waals surface area contributed by atoms with Crippen LogP contribution in [0.3, 0.4) is 0 Å². The highest BCUT2D eigenvalue weighted by atomic mass is 32.2. The molecule has 0 unspecified atom stereocenters. The quantitative estimate of drug-likeness (QED) is 0.554. The Morgan fingerprint density at radius 1 is 1.00 bits per heavy atom. The Morgan fingerprint density at radius 2 is 1.71 bits per heavy atom. The Bertz CT molecular complexity index is 1070. The van der Waals surface area contributed by atoms with E-state index in [1.165, 1.54) is 28.6 Å². The number of benzene rings is 1. The van der Waals surface area contributed by atoms with Crippen LogP contribution in [0.15, 0.2) is 45.9 Å². The predicted octanol–water partition coefficient (Wildman–Crippen LogP) is 1.31. The number of carbonyl (C=O) groups excluding carboxylic acids is 3. The fourth-order valence-corrected chi connectivity index (χ4v) is 4.61. The Hall–Kier alpha value is -3.18. The van der Waals surface area contributed by atoms with Gasteiger partial charge in [0.2, 0.25) is 11.0 Å². The molecule has 1 aliphatic heterocycles. The molecule has 0 spiro atoms. The fourth-order valence-electron chi connectivity index (χ4n) is 3.18. The molecule has 3 rings (SSSR count). The van der Waals surface area contributed by atoms with E-state index in [0.717, 1.165) is 19.3 Å². The lowest BCUT2D eigenvalue weighted by molar-refractivity contribution is -0.117. The summed E-state index contributed by atoms with van der Waals surface area (Å²) in [5.41, 5.74) is 5.44. The van der Waals surface area contributed by atoms with E-state index < -0.39 is 27.7 Å². The van der Waals surface area contributed by atoms with Gasteiger partial charge in [0.1, 0.15) is 0 Å². The average Bonchev–Trinajstić information content (AvgIpc) is 3.26. The molecule has 0 atom stereocenters. The maximum atomic E-state index is 12.7. The molecule has 0 bridgehead atoms. The summed E-state index contributed by atoms with van der Waals surface area (Å²) in [5, 5.41) is 4.81. The van der Waals surface area contributed by atoms with Crippen LogP contribution in [0.25, 0.3) is 0 Å². The van der Waals surface area contributed by atoms with Gasteiger partial charge in [0, 0.05) is 26.1 Å². The maximum absolute atomic E-state index is 12.7. The minimum Gasteiger partial charge on any atom is -0.438 e. The third-order valence-electron chi connectivity index (χ3n) is 4.79. The molecular formula is C20H24N4O6S. The second-order valence-corrected chi connectivity index (χ2v) is 8.92. The van der Waals surface area contributed by atoms with Crippen molar-refractivity contribution in [2.24, 2.45) is 5.73 Å². The molecule has 1 fully saturated rings. The van der Waals surface area contributed by atoms with Gasteiger partial charge in [-0.1, -0.05) is 18.6 Å². The van der Waals surface area contributed by atoms with Crippen LogP contribution in [0.4, 0.5) is 5.69 Å². The SMILES string of the molecule is NC(=O)CCNC(=O)c1ccccc1NC(=O)c1ccc(S(=O)(=O)N2CCCCC2)o1. The smallest absolute Gasteiger partial charge is 0.291 e. The molecule has 2 aromatic rings.